The van der Waals surface area contributed by atoms with E-state index in [1.807, 2.05) is 0 Å². The Labute approximate surface area is 51.4 Å². The largest absolute Gasteiger partial charge is 0.207 e. The minimum Gasteiger partial charge on any atom is -0.207 e. The van der Waals surface area contributed by atoms with Crippen LogP contribution in [0.3, 0.4) is 0 Å². The molecule has 0 unspecified atom stereocenters. The molecule has 1 rings (SSSR count). The molecule has 0 aliphatic carbocycles. The second kappa shape index (κ2) is 1.90. The van der Waals surface area contributed by atoms with E-state index < -0.39 is 35.8 Å². The lowest BCUT2D eigenvalue weighted by atomic mass is 10.3. The van der Waals surface area contributed by atoms with Gasteiger partial charge in [0.15, 0.2) is 0 Å². The van der Waals surface area contributed by atoms with Crippen molar-refractivity contribution in [3.63, 3.8) is 0 Å². The summed E-state index contributed by atoms with van der Waals surface area (Å²) in [7, 11) is 0. The van der Waals surface area contributed by atoms with Gasteiger partial charge in [0.05, 0.1) is 5.48 Å². The van der Waals surface area contributed by atoms with Gasteiger partial charge >= 0.3 is 0 Å². The van der Waals surface area contributed by atoms with Crippen molar-refractivity contribution >= 4 is 0 Å². The summed E-state index contributed by atoms with van der Waals surface area (Å²) < 4.78 is 52.6. The van der Waals surface area contributed by atoms with Crippen LogP contribution in [-0.2, 0) is 0 Å². The summed E-state index contributed by atoms with van der Waals surface area (Å²) in [6.45, 7) is 0. The quantitative estimate of drug-likeness (QED) is 0.488. The van der Waals surface area contributed by atoms with Crippen LogP contribution in [-0.4, -0.2) is 0 Å². The molecule has 0 aliphatic heterocycles. The molecule has 0 N–H and O–H groups in total. The van der Waals surface area contributed by atoms with Crippen LogP contribution in [0.5, 0.6) is 0 Å². The first-order valence-electron chi connectivity index (χ1n) is 3.88. The molecule has 2 heteroatoms. The van der Waals surface area contributed by atoms with Crippen molar-refractivity contribution in [3.05, 3.63) is 35.8 Å². The summed E-state index contributed by atoms with van der Waals surface area (Å²) >= 11 is 0. The van der Waals surface area contributed by atoms with Crippen LogP contribution in [0, 0.1) is 11.6 Å². The van der Waals surface area contributed by atoms with E-state index in [1.165, 1.54) is 0 Å². The van der Waals surface area contributed by atoms with Gasteiger partial charge < -0.3 is 0 Å². The number of halogens is 2. The molecule has 0 fully saturated rings. The Kier molecular flexibility index (Phi) is 0.507. The Balaban J connectivity index is 3.60. The number of rotatable bonds is 0. The van der Waals surface area contributed by atoms with E-state index in [2.05, 4.69) is 0 Å². The van der Waals surface area contributed by atoms with Gasteiger partial charge in [0.25, 0.3) is 0 Å². The molecular formula is C6H4F2. The minimum atomic E-state index is -1.33. The molecule has 0 aromatic heterocycles. The van der Waals surface area contributed by atoms with Crippen molar-refractivity contribution in [1.82, 2.24) is 0 Å². The molecule has 0 saturated heterocycles. The van der Waals surface area contributed by atoms with E-state index in [0.29, 0.717) is 0 Å². The molecule has 0 bridgehead atoms. The maximum absolute atomic E-state index is 12.7. The van der Waals surface area contributed by atoms with Gasteiger partial charge in [0, 0.05) is 0 Å². The fourth-order valence-electron chi connectivity index (χ4n) is 0.282. The zero-order chi connectivity index (χ0) is 9.46. The van der Waals surface area contributed by atoms with Gasteiger partial charge in [-0.2, -0.15) is 0 Å². The lowest BCUT2D eigenvalue weighted by Gasteiger charge is -1.83. The number of benzene rings is 1. The van der Waals surface area contributed by atoms with Gasteiger partial charge in [-0.3, -0.25) is 0 Å². The highest BCUT2D eigenvalue weighted by Crippen LogP contribution is 1.98. The Morgan fingerprint density at radius 1 is 1.00 bits per heavy atom. The van der Waals surface area contributed by atoms with Crippen molar-refractivity contribution in [2.75, 3.05) is 0 Å². The van der Waals surface area contributed by atoms with E-state index in [9.17, 15) is 8.78 Å². The third kappa shape index (κ3) is 1.03. The molecule has 8 heavy (non-hydrogen) atoms. The average Bonchev–Trinajstić information content (AvgIpc) is 2.08. The van der Waals surface area contributed by atoms with E-state index >= 15 is 0 Å². The third-order valence-electron chi connectivity index (χ3n) is 0.564. The fraction of sp³-hybridized carbons (Fsp3) is 0. The fourth-order valence-corrected chi connectivity index (χ4v) is 0.282. The highest BCUT2D eigenvalue weighted by Gasteiger charge is 1.86. The van der Waals surface area contributed by atoms with Crippen LogP contribution < -0.4 is 0 Å². The predicted molar refractivity (Wildman–Crippen MR) is 26.4 cm³/mol. The SMILES string of the molecule is [2H]c1c([2H])c(F)c([2H])c([2H])c1F. The molecule has 0 nitrogen and oxygen atoms in total. The Morgan fingerprint density at radius 2 is 1.25 bits per heavy atom. The zero-order valence-corrected chi connectivity index (χ0v) is 3.76. The Morgan fingerprint density at radius 3 is 1.50 bits per heavy atom. The van der Waals surface area contributed by atoms with Crippen LogP contribution in [0.15, 0.2) is 24.2 Å². The van der Waals surface area contributed by atoms with Gasteiger partial charge in [-0.05, 0) is 24.2 Å². The molecule has 0 amide bonds. The number of hydrogen-bond acceptors (Lipinski definition) is 0. The van der Waals surface area contributed by atoms with Gasteiger partial charge in [-0.25, -0.2) is 8.78 Å². The summed E-state index contributed by atoms with van der Waals surface area (Å²) in [5, 5.41) is 0. The Hall–Kier alpha value is -0.920. The number of hydrogen-bond donors (Lipinski definition) is 0. The smallest absolute Gasteiger partial charge is 0.123 e. The van der Waals surface area contributed by atoms with Crippen LogP contribution in [0.4, 0.5) is 8.78 Å². The molecule has 0 heterocycles. The Bertz CT molecular complexity index is 232. The lowest BCUT2D eigenvalue weighted by molar-refractivity contribution is 0.600. The highest BCUT2D eigenvalue weighted by molar-refractivity contribution is 5.04. The zero-order valence-electron chi connectivity index (χ0n) is 7.76. The van der Waals surface area contributed by atoms with Crippen molar-refractivity contribution in [3.8, 4) is 0 Å². The maximum atomic E-state index is 12.7. The highest BCUT2D eigenvalue weighted by atomic mass is 19.1. The van der Waals surface area contributed by atoms with E-state index in [0.717, 1.165) is 0 Å². The van der Waals surface area contributed by atoms with Crippen molar-refractivity contribution in [1.29, 1.82) is 0 Å². The molecule has 0 saturated carbocycles. The van der Waals surface area contributed by atoms with E-state index in [4.69, 9.17) is 5.48 Å². The second-order valence-corrected chi connectivity index (χ2v) is 1.13. The molecule has 1 aromatic carbocycles. The maximum Gasteiger partial charge on any atom is 0.123 e. The first-order valence-corrected chi connectivity index (χ1v) is 1.88. The first kappa shape index (κ1) is 2.13. The summed E-state index contributed by atoms with van der Waals surface area (Å²) in [4.78, 5) is 0. The van der Waals surface area contributed by atoms with Crippen molar-refractivity contribution in [2.24, 2.45) is 0 Å². The van der Waals surface area contributed by atoms with Crippen molar-refractivity contribution < 1.29 is 14.3 Å². The third-order valence-corrected chi connectivity index (χ3v) is 0.564. The van der Waals surface area contributed by atoms with E-state index in [1.54, 1.807) is 0 Å². The van der Waals surface area contributed by atoms with Gasteiger partial charge in [-0.1, -0.05) is 0 Å². The van der Waals surface area contributed by atoms with E-state index in [-0.39, 0.29) is 0 Å². The predicted octanol–water partition coefficient (Wildman–Crippen LogP) is 1.96. The van der Waals surface area contributed by atoms with Gasteiger partial charge in [0.1, 0.15) is 11.6 Å². The minimum absolute atomic E-state index is 0.978. The average molecular weight is 118 g/mol. The summed E-state index contributed by atoms with van der Waals surface area (Å²) in [6.07, 6.45) is 0. The molecule has 0 spiro atoms. The van der Waals surface area contributed by atoms with Gasteiger partial charge in [0.2, 0.25) is 0 Å². The molecule has 0 radical (unpaired) electrons. The molecule has 0 atom stereocenters. The molecule has 1 aromatic rings. The monoisotopic (exact) mass is 118 g/mol. The van der Waals surface area contributed by atoms with Gasteiger partial charge in [-0.15, -0.1) is 0 Å². The second-order valence-electron chi connectivity index (χ2n) is 1.13. The topological polar surface area (TPSA) is 0 Å². The first-order chi connectivity index (χ1) is 5.46. The van der Waals surface area contributed by atoms with Crippen LogP contribution in [0.1, 0.15) is 5.48 Å². The van der Waals surface area contributed by atoms with Crippen LogP contribution >= 0.6 is 0 Å². The molecule has 0 aliphatic rings. The summed E-state index contributed by atoms with van der Waals surface area (Å²) in [5.74, 6) is -2.65. The summed E-state index contributed by atoms with van der Waals surface area (Å²) in [5.41, 5.74) is 0. The summed E-state index contributed by atoms with van der Waals surface area (Å²) in [6, 6.07) is -3.91. The molecule has 42 valence electrons. The lowest BCUT2D eigenvalue weighted by Crippen LogP contribution is -1.72. The molecular weight excluding hydrogens is 110 g/mol. The van der Waals surface area contributed by atoms with Crippen molar-refractivity contribution in [2.45, 2.75) is 0 Å². The van der Waals surface area contributed by atoms with Crippen LogP contribution in [0.2, 0.25) is 0 Å². The van der Waals surface area contributed by atoms with Crippen LogP contribution in [0.25, 0.3) is 0 Å². The standard InChI is InChI=1S/C6H4F2/c7-5-1-2-6(8)4-3-5/h1-4H/i1D,2D,3D,4D. The normalized spacial score (nSPS) is 16.2.